The Morgan fingerprint density at radius 1 is 1.31 bits per heavy atom. The molecule has 4 heterocycles. The van der Waals surface area contributed by atoms with Crippen molar-refractivity contribution in [3.8, 4) is 5.75 Å². The van der Waals surface area contributed by atoms with Gasteiger partial charge in [-0.1, -0.05) is 0 Å². The number of morpholine rings is 1. The van der Waals surface area contributed by atoms with Crippen LogP contribution in [0.5, 0.6) is 5.75 Å². The second-order valence-corrected chi connectivity index (χ2v) is 8.54. The van der Waals surface area contributed by atoms with Crippen LogP contribution in [0.3, 0.4) is 0 Å². The first kappa shape index (κ1) is 19.8. The molecule has 0 spiro atoms. The minimum atomic E-state index is -0.605. The highest BCUT2D eigenvalue weighted by Gasteiger charge is 2.63. The Kier molecular flexibility index (Phi) is 4.66. The molecule has 0 N–H and O–H groups in total. The van der Waals surface area contributed by atoms with Gasteiger partial charge in [-0.15, -0.1) is 4.48 Å². The van der Waals surface area contributed by atoms with Crippen LogP contribution in [0.2, 0.25) is 0 Å². The van der Waals surface area contributed by atoms with Gasteiger partial charge in [0.15, 0.2) is 11.4 Å². The van der Waals surface area contributed by atoms with Crippen molar-refractivity contribution in [2.75, 3.05) is 37.8 Å². The lowest BCUT2D eigenvalue weighted by Gasteiger charge is -2.40. The molecule has 5 rings (SSSR count). The normalized spacial score (nSPS) is 23.0. The Morgan fingerprint density at radius 3 is 2.62 bits per heavy atom. The van der Waals surface area contributed by atoms with Crippen LogP contribution in [0.1, 0.15) is 39.7 Å². The van der Waals surface area contributed by atoms with Crippen LogP contribution in [0.25, 0.3) is 0 Å². The number of ether oxygens (including phenoxy) is 3. The number of hydrogen-bond acceptors (Lipinski definition) is 7. The quantitative estimate of drug-likeness (QED) is 0.567. The van der Waals surface area contributed by atoms with Gasteiger partial charge in [-0.05, 0) is 34.6 Å². The third-order valence-corrected chi connectivity index (χ3v) is 5.86. The summed E-state index contributed by atoms with van der Waals surface area (Å²) in [6.45, 7) is 12.6. The zero-order chi connectivity index (χ0) is 21.0. The Balaban J connectivity index is 1.91. The van der Waals surface area contributed by atoms with E-state index in [2.05, 4.69) is 4.90 Å². The minimum Gasteiger partial charge on any atom is -0.466 e. The number of amides is 1. The molecule has 1 aromatic rings. The molecule has 0 aliphatic carbocycles. The van der Waals surface area contributed by atoms with Crippen molar-refractivity contribution in [2.45, 2.75) is 46.6 Å². The monoisotopic (exact) mass is 402 g/mol. The van der Waals surface area contributed by atoms with Gasteiger partial charge in [-0.2, -0.15) is 9.79 Å². The number of benzene rings is 1. The number of quaternary nitrogens is 1. The SMILES string of the molecule is CCOC(=O)CC1=Nc2c3cc(N4CCOCC4)c(c2C)OC(=O)[N+]13C(C)(C)C. The van der Waals surface area contributed by atoms with Crippen molar-refractivity contribution >= 4 is 35.0 Å². The van der Waals surface area contributed by atoms with Crippen LogP contribution in [0, 0.1) is 6.92 Å². The fraction of sp³-hybridized carbons (Fsp3) is 0.571. The van der Waals surface area contributed by atoms with Gasteiger partial charge < -0.3 is 19.1 Å². The molecule has 156 valence electrons. The molecule has 1 saturated heterocycles. The third kappa shape index (κ3) is 2.77. The number of carbonyl (C=O) groups excluding carboxylic acids is 2. The van der Waals surface area contributed by atoms with Gasteiger partial charge in [0.1, 0.15) is 17.6 Å². The van der Waals surface area contributed by atoms with Gasteiger partial charge >= 0.3 is 12.1 Å². The average Bonchev–Trinajstić information content (AvgIpc) is 2.87. The Bertz CT molecular complexity index is 912. The Morgan fingerprint density at radius 2 is 2.00 bits per heavy atom. The van der Waals surface area contributed by atoms with Crippen LogP contribution in [0.15, 0.2) is 11.1 Å². The molecule has 29 heavy (non-hydrogen) atoms. The molecule has 1 unspecified atom stereocenters. The molecule has 0 aromatic heterocycles. The average molecular weight is 402 g/mol. The lowest BCUT2D eigenvalue weighted by atomic mass is 9.98. The topological polar surface area (TPSA) is 77.4 Å². The molecule has 1 amide bonds. The summed E-state index contributed by atoms with van der Waals surface area (Å²) in [5.74, 6) is 0.605. The Hall–Kier alpha value is -2.45. The standard InChI is InChI=1S/C21H28N3O5/c1-6-28-17(25)12-16-22-18-13(2)19-14(23-7-9-27-10-8-23)11-15(18)24(16,20(26)29-19)21(3,4)5/h11H,6-10,12H2,1-5H3/q+1. The first-order valence-corrected chi connectivity index (χ1v) is 10.1. The molecule has 4 aliphatic rings. The molecule has 1 aromatic carbocycles. The lowest BCUT2D eigenvalue weighted by Crippen LogP contribution is -2.68. The van der Waals surface area contributed by atoms with Gasteiger partial charge in [-0.25, -0.2) is 0 Å². The van der Waals surface area contributed by atoms with Gasteiger partial charge in [0.2, 0.25) is 5.84 Å². The fourth-order valence-corrected chi connectivity index (χ4v) is 4.54. The zero-order valence-electron chi connectivity index (χ0n) is 17.7. The molecule has 0 saturated carbocycles. The summed E-state index contributed by atoms with van der Waals surface area (Å²) in [5, 5.41) is 0. The van der Waals surface area contributed by atoms with E-state index in [0.29, 0.717) is 24.8 Å². The molecular formula is C21H28N3O5+. The third-order valence-electron chi connectivity index (χ3n) is 5.86. The van der Waals surface area contributed by atoms with Crippen molar-refractivity contribution in [3.63, 3.8) is 0 Å². The maximum Gasteiger partial charge on any atom is 0.533 e. The molecule has 1 atom stereocenters. The summed E-state index contributed by atoms with van der Waals surface area (Å²) in [7, 11) is 0. The molecule has 0 radical (unpaired) electrons. The maximum atomic E-state index is 13.6. The number of esters is 1. The van der Waals surface area contributed by atoms with Gasteiger partial charge in [0.05, 0.1) is 25.5 Å². The van der Waals surface area contributed by atoms with Crippen molar-refractivity contribution in [3.05, 3.63) is 11.6 Å². The van der Waals surface area contributed by atoms with Crippen LogP contribution < -0.4 is 14.1 Å². The smallest absolute Gasteiger partial charge is 0.466 e. The summed E-state index contributed by atoms with van der Waals surface area (Å²) in [5.41, 5.74) is 2.58. The minimum absolute atomic E-state index is 0.0590. The highest BCUT2D eigenvalue weighted by molar-refractivity contribution is 6.22. The van der Waals surface area contributed by atoms with Crippen molar-refractivity contribution < 1.29 is 23.8 Å². The highest BCUT2D eigenvalue weighted by atomic mass is 16.6. The summed E-state index contributed by atoms with van der Waals surface area (Å²) in [6, 6.07) is 2.01. The Labute approximate surface area is 170 Å². The van der Waals surface area contributed by atoms with Gasteiger partial charge in [0.25, 0.3) is 0 Å². The second-order valence-electron chi connectivity index (χ2n) is 8.54. The lowest BCUT2D eigenvalue weighted by molar-refractivity contribution is -0.141. The largest absolute Gasteiger partial charge is 0.533 e. The number of amidine groups is 1. The second kappa shape index (κ2) is 6.81. The number of rotatable bonds is 4. The summed E-state index contributed by atoms with van der Waals surface area (Å²) >= 11 is 0. The predicted octanol–water partition coefficient (Wildman–Crippen LogP) is 3.45. The number of fused-ring (bicyclic) bond motifs is 2. The summed E-state index contributed by atoms with van der Waals surface area (Å²) < 4.78 is 16.4. The van der Waals surface area contributed by atoms with Crippen molar-refractivity contribution in [1.82, 2.24) is 4.48 Å². The number of hydrogen-bond donors (Lipinski definition) is 0. The first-order valence-electron chi connectivity index (χ1n) is 10.1. The maximum absolute atomic E-state index is 13.6. The van der Waals surface area contributed by atoms with Crippen LogP contribution >= 0.6 is 0 Å². The van der Waals surface area contributed by atoms with E-state index in [9.17, 15) is 9.59 Å². The molecule has 8 nitrogen and oxygen atoms in total. The fourth-order valence-electron chi connectivity index (χ4n) is 4.54. The number of anilines is 1. The predicted molar refractivity (Wildman–Crippen MR) is 110 cm³/mol. The van der Waals surface area contributed by atoms with Crippen LogP contribution in [-0.4, -0.2) is 56.3 Å². The van der Waals surface area contributed by atoms with Gasteiger partial charge in [0, 0.05) is 24.7 Å². The van der Waals surface area contributed by atoms with Crippen LogP contribution in [0.4, 0.5) is 21.9 Å². The molecule has 1 fully saturated rings. The zero-order valence-corrected chi connectivity index (χ0v) is 17.7. The number of aliphatic imine (C=N–C) groups is 1. The summed E-state index contributed by atoms with van der Waals surface area (Å²) in [4.78, 5) is 32.9. The molecular weight excluding hydrogens is 374 g/mol. The molecule has 4 aliphatic heterocycles. The van der Waals surface area contributed by atoms with E-state index in [0.717, 1.165) is 35.7 Å². The van der Waals surface area contributed by atoms with E-state index < -0.39 is 17.6 Å². The number of carbonyl (C=O) groups is 2. The van der Waals surface area contributed by atoms with E-state index in [4.69, 9.17) is 19.2 Å². The van der Waals surface area contributed by atoms with E-state index in [1.807, 2.05) is 33.8 Å². The van der Waals surface area contributed by atoms with E-state index in [-0.39, 0.29) is 17.5 Å². The highest BCUT2D eigenvalue weighted by Crippen LogP contribution is 2.56. The van der Waals surface area contributed by atoms with E-state index in [1.54, 1.807) is 6.92 Å². The number of nitrogens with zero attached hydrogens (tertiary/aromatic N) is 3. The van der Waals surface area contributed by atoms with Crippen LogP contribution in [-0.2, 0) is 14.3 Å². The molecule has 4 bridgehead atoms. The van der Waals surface area contributed by atoms with E-state index >= 15 is 0 Å². The van der Waals surface area contributed by atoms with Crippen molar-refractivity contribution in [2.24, 2.45) is 4.99 Å². The first-order chi connectivity index (χ1) is 13.7. The molecule has 8 heteroatoms. The van der Waals surface area contributed by atoms with E-state index in [1.165, 1.54) is 0 Å². The van der Waals surface area contributed by atoms with Crippen molar-refractivity contribution in [1.29, 1.82) is 0 Å². The van der Waals surface area contributed by atoms with Gasteiger partial charge in [-0.3, -0.25) is 4.79 Å². The summed E-state index contributed by atoms with van der Waals surface area (Å²) in [6.07, 6.45) is -0.492.